The van der Waals surface area contributed by atoms with E-state index >= 15 is 0 Å². The zero-order valence-corrected chi connectivity index (χ0v) is 8.48. The number of pyridine rings is 2. The first-order valence-corrected chi connectivity index (χ1v) is 5.75. The Labute approximate surface area is 81.0 Å². The standard InChI is InChI=1S/C10H6N2Se/c1-3-7-9(11-5-1)10-8(13-7)4-2-6-12-10/h1-6H. The van der Waals surface area contributed by atoms with Gasteiger partial charge in [-0.1, -0.05) is 0 Å². The van der Waals surface area contributed by atoms with E-state index in [9.17, 15) is 0 Å². The Kier molecular flexibility index (Phi) is 1.48. The van der Waals surface area contributed by atoms with Crippen LogP contribution < -0.4 is 0 Å². The van der Waals surface area contributed by atoms with Crippen LogP contribution in [0.1, 0.15) is 0 Å². The Morgan fingerprint density at radius 2 is 1.38 bits per heavy atom. The van der Waals surface area contributed by atoms with Gasteiger partial charge in [0.05, 0.1) is 0 Å². The van der Waals surface area contributed by atoms with Gasteiger partial charge in [0, 0.05) is 0 Å². The number of aromatic nitrogens is 2. The van der Waals surface area contributed by atoms with E-state index < -0.39 is 0 Å². The second-order valence-electron chi connectivity index (χ2n) is 2.80. The molecule has 0 N–H and O–H groups in total. The Balaban J connectivity index is 2.64. The van der Waals surface area contributed by atoms with Crippen LogP contribution in [0.25, 0.3) is 19.6 Å². The zero-order valence-electron chi connectivity index (χ0n) is 6.77. The minimum atomic E-state index is 0.410. The van der Waals surface area contributed by atoms with Crippen molar-refractivity contribution in [1.82, 2.24) is 9.97 Å². The molecule has 3 aromatic heterocycles. The summed E-state index contributed by atoms with van der Waals surface area (Å²) < 4.78 is 2.70. The quantitative estimate of drug-likeness (QED) is 0.554. The molecule has 0 aromatic carbocycles. The van der Waals surface area contributed by atoms with Gasteiger partial charge in [0.15, 0.2) is 0 Å². The second-order valence-corrected chi connectivity index (χ2v) is 5.08. The van der Waals surface area contributed by atoms with Crippen LogP contribution in [0.4, 0.5) is 0 Å². The van der Waals surface area contributed by atoms with Crippen molar-refractivity contribution in [3.05, 3.63) is 36.7 Å². The monoisotopic (exact) mass is 234 g/mol. The van der Waals surface area contributed by atoms with Crippen LogP contribution in [-0.2, 0) is 0 Å². The number of nitrogens with zero attached hydrogens (tertiary/aromatic N) is 2. The van der Waals surface area contributed by atoms with Gasteiger partial charge >= 0.3 is 80.7 Å². The third-order valence-corrected chi connectivity index (χ3v) is 4.29. The molecular weight excluding hydrogens is 227 g/mol. The Bertz CT molecular complexity index is 521. The summed E-state index contributed by atoms with van der Waals surface area (Å²) in [5.41, 5.74) is 2.16. The Hall–Kier alpha value is -1.18. The summed E-state index contributed by atoms with van der Waals surface area (Å²) in [5, 5.41) is 0. The summed E-state index contributed by atoms with van der Waals surface area (Å²) in [6.45, 7) is 0. The van der Waals surface area contributed by atoms with Crippen LogP contribution in [0.15, 0.2) is 36.7 Å². The van der Waals surface area contributed by atoms with Crippen molar-refractivity contribution in [3.63, 3.8) is 0 Å². The molecule has 13 heavy (non-hydrogen) atoms. The molecule has 0 amide bonds. The molecule has 0 saturated carbocycles. The van der Waals surface area contributed by atoms with Crippen LogP contribution in [0.3, 0.4) is 0 Å². The van der Waals surface area contributed by atoms with E-state index in [1.165, 1.54) is 8.52 Å². The second kappa shape index (κ2) is 2.66. The molecule has 2 nitrogen and oxygen atoms in total. The van der Waals surface area contributed by atoms with E-state index in [0.717, 1.165) is 11.0 Å². The van der Waals surface area contributed by atoms with Crippen molar-refractivity contribution >= 4 is 34.1 Å². The third kappa shape index (κ3) is 1.01. The fraction of sp³-hybridized carbons (Fsp3) is 0. The molecular formula is C10H6N2Se. The SMILES string of the molecule is c1cnc2c(c1)[se]c1cccnc12. The Morgan fingerprint density at radius 1 is 0.846 bits per heavy atom. The van der Waals surface area contributed by atoms with Crippen LogP contribution in [0.5, 0.6) is 0 Å². The zero-order chi connectivity index (χ0) is 8.67. The van der Waals surface area contributed by atoms with Gasteiger partial charge in [-0.2, -0.15) is 0 Å². The van der Waals surface area contributed by atoms with E-state index in [1.54, 1.807) is 0 Å². The van der Waals surface area contributed by atoms with Crippen LogP contribution >= 0.6 is 0 Å². The van der Waals surface area contributed by atoms with Gasteiger partial charge in [0.25, 0.3) is 0 Å². The topological polar surface area (TPSA) is 25.8 Å². The minimum absolute atomic E-state index is 0.410. The summed E-state index contributed by atoms with van der Waals surface area (Å²) in [5.74, 6) is 0. The van der Waals surface area contributed by atoms with E-state index in [0.29, 0.717) is 14.5 Å². The molecule has 3 rings (SSSR count). The molecule has 0 aliphatic heterocycles. The number of rotatable bonds is 0. The average Bonchev–Trinajstić information content (AvgIpc) is 2.56. The van der Waals surface area contributed by atoms with E-state index in [2.05, 4.69) is 22.1 Å². The molecule has 0 aliphatic rings. The van der Waals surface area contributed by atoms with Gasteiger partial charge in [-0.25, -0.2) is 0 Å². The molecule has 0 bridgehead atoms. The fourth-order valence-corrected chi connectivity index (χ4v) is 3.56. The molecule has 0 atom stereocenters. The summed E-state index contributed by atoms with van der Waals surface area (Å²) >= 11 is 0.410. The average molecular weight is 233 g/mol. The van der Waals surface area contributed by atoms with E-state index in [4.69, 9.17) is 0 Å². The first-order valence-electron chi connectivity index (χ1n) is 4.03. The van der Waals surface area contributed by atoms with Gasteiger partial charge < -0.3 is 0 Å². The van der Waals surface area contributed by atoms with Crippen molar-refractivity contribution in [2.75, 3.05) is 0 Å². The number of fused-ring (bicyclic) bond motifs is 3. The summed E-state index contributed by atoms with van der Waals surface area (Å²) in [6.07, 6.45) is 3.66. The van der Waals surface area contributed by atoms with Crippen molar-refractivity contribution < 1.29 is 0 Å². The molecule has 0 radical (unpaired) electrons. The molecule has 0 fully saturated rings. The first-order chi connectivity index (χ1) is 6.45. The maximum absolute atomic E-state index is 4.35. The molecule has 0 unspecified atom stereocenters. The molecule has 3 heteroatoms. The molecule has 62 valence electrons. The molecule has 0 saturated heterocycles. The van der Waals surface area contributed by atoms with Gasteiger partial charge in [0.1, 0.15) is 0 Å². The molecule has 3 aromatic rings. The van der Waals surface area contributed by atoms with Crippen molar-refractivity contribution in [1.29, 1.82) is 0 Å². The molecule has 3 heterocycles. The third-order valence-electron chi connectivity index (χ3n) is 1.99. The van der Waals surface area contributed by atoms with Crippen molar-refractivity contribution in [2.45, 2.75) is 0 Å². The first kappa shape index (κ1) is 7.24. The summed E-state index contributed by atoms with van der Waals surface area (Å²) in [6, 6.07) is 8.27. The fourth-order valence-electron chi connectivity index (χ4n) is 1.42. The Morgan fingerprint density at radius 3 is 1.92 bits per heavy atom. The molecule has 0 aliphatic carbocycles. The van der Waals surface area contributed by atoms with Gasteiger partial charge in [-0.05, 0) is 0 Å². The van der Waals surface area contributed by atoms with Crippen molar-refractivity contribution in [3.8, 4) is 0 Å². The van der Waals surface area contributed by atoms with Gasteiger partial charge in [0.2, 0.25) is 0 Å². The van der Waals surface area contributed by atoms with Crippen LogP contribution in [0, 0.1) is 0 Å². The maximum atomic E-state index is 4.35. The van der Waals surface area contributed by atoms with Gasteiger partial charge in [-0.15, -0.1) is 0 Å². The van der Waals surface area contributed by atoms with Gasteiger partial charge in [-0.3, -0.25) is 0 Å². The predicted molar refractivity (Wildman–Crippen MR) is 54.0 cm³/mol. The van der Waals surface area contributed by atoms with Crippen molar-refractivity contribution in [2.24, 2.45) is 0 Å². The van der Waals surface area contributed by atoms with E-state index in [-0.39, 0.29) is 0 Å². The number of hydrogen-bond acceptors (Lipinski definition) is 2. The normalized spacial score (nSPS) is 11.1. The predicted octanol–water partition coefficient (Wildman–Crippen LogP) is 1.84. The number of hydrogen-bond donors (Lipinski definition) is 0. The summed E-state index contributed by atoms with van der Waals surface area (Å²) in [4.78, 5) is 8.71. The summed E-state index contributed by atoms with van der Waals surface area (Å²) in [7, 11) is 0. The van der Waals surface area contributed by atoms with E-state index in [1.807, 2.05) is 24.5 Å². The van der Waals surface area contributed by atoms with Crippen LogP contribution in [-0.4, -0.2) is 24.5 Å². The van der Waals surface area contributed by atoms with Crippen LogP contribution in [0.2, 0.25) is 0 Å². The molecule has 0 spiro atoms.